The number of methoxy groups -OCH3 is 1. The Balaban J connectivity index is 1.81. The minimum Gasteiger partial charge on any atom is -0.465 e. The molecule has 8 heteroatoms. The third-order valence-corrected chi connectivity index (χ3v) is 6.31. The first-order valence-corrected chi connectivity index (χ1v) is 11.0. The quantitative estimate of drug-likeness (QED) is 0.692. The number of carbonyl (C=O) groups is 3. The van der Waals surface area contributed by atoms with Crippen molar-refractivity contribution in [2.75, 3.05) is 12.4 Å². The van der Waals surface area contributed by atoms with Crippen LogP contribution in [0.5, 0.6) is 0 Å². The summed E-state index contributed by atoms with van der Waals surface area (Å²) in [6.07, 6.45) is 8.29. The predicted octanol–water partition coefficient (Wildman–Crippen LogP) is 4.16. The molecule has 0 saturated carbocycles. The first kappa shape index (κ1) is 22.0. The molecule has 1 N–H and O–H groups in total. The highest BCUT2D eigenvalue weighted by Crippen LogP contribution is 2.37. The molecule has 3 rings (SSSR count). The van der Waals surface area contributed by atoms with E-state index in [4.69, 9.17) is 9.47 Å². The molecule has 0 fully saturated rings. The van der Waals surface area contributed by atoms with E-state index in [-0.39, 0.29) is 5.56 Å². The number of pyridine rings is 1. The zero-order valence-electron chi connectivity index (χ0n) is 17.2. The molecule has 1 amide bonds. The van der Waals surface area contributed by atoms with E-state index in [0.717, 1.165) is 49.0 Å². The van der Waals surface area contributed by atoms with Crippen LogP contribution in [-0.2, 0) is 27.1 Å². The molecular weight excluding hydrogens is 404 g/mol. The zero-order valence-corrected chi connectivity index (χ0v) is 18.0. The lowest BCUT2D eigenvalue weighted by Crippen LogP contribution is -2.32. The van der Waals surface area contributed by atoms with E-state index in [2.05, 4.69) is 10.3 Å². The van der Waals surface area contributed by atoms with Crippen LogP contribution in [0.1, 0.15) is 70.2 Å². The Labute approximate surface area is 179 Å². The summed E-state index contributed by atoms with van der Waals surface area (Å²) in [5.41, 5.74) is 1.68. The summed E-state index contributed by atoms with van der Waals surface area (Å²) in [6, 6.07) is 3.20. The Bertz CT molecular complexity index is 910. The molecule has 30 heavy (non-hydrogen) atoms. The van der Waals surface area contributed by atoms with E-state index in [1.54, 1.807) is 25.3 Å². The Hall–Kier alpha value is -2.74. The van der Waals surface area contributed by atoms with E-state index in [1.165, 1.54) is 24.6 Å². The van der Waals surface area contributed by atoms with Gasteiger partial charge >= 0.3 is 11.9 Å². The Kier molecular flexibility index (Phi) is 7.57. The third kappa shape index (κ3) is 5.05. The van der Waals surface area contributed by atoms with Crippen LogP contribution in [0.2, 0.25) is 0 Å². The summed E-state index contributed by atoms with van der Waals surface area (Å²) >= 11 is 1.42. The molecule has 0 aromatic carbocycles. The summed E-state index contributed by atoms with van der Waals surface area (Å²) in [5.74, 6) is -1.53. The molecule has 2 aromatic rings. The molecule has 7 nitrogen and oxygen atoms in total. The van der Waals surface area contributed by atoms with Gasteiger partial charge < -0.3 is 14.8 Å². The standard InChI is InChI=1S/C22H26N2O5S/c1-3-16(29-21(26)14-9-8-12-23-13-14)19(25)24-20-18(22(27)28-2)15-10-6-4-5-7-11-17(15)30-20/h8-9,12-13,16H,3-7,10-11H2,1-2H3,(H,24,25). The predicted molar refractivity (Wildman–Crippen MR) is 114 cm³/mol. The summed E-state index contributed by atoms with van der Waals surface area (Å²) in [6.45, 7) is 1.76. The normalized spacial score (nSPS) is 14.6. The van der Waals surface area contributed by atoms with Crippen LogP contribution in [0.15, 0.2) is 24.5 Å². The highest BCUT2D eigenvalue weighted by Gasteiger charge is 2.29. The fraction of sp³-hybridized carbons (Fsp3) is 0.455. The maximum atomic E-state index is 12.9. The van der Waals surface area contributed by atoms with Gasteiger partial charge in [-0.05, 0) is 49.8 Å². The number of anilines is 1. The van der Waals surface area contributed by atoms with Gasteiger partial charge in [0.05, 0.1) is 18.2 Å². The molecule has 0 bridgehead atoms. The van der Waals surface area contributed by atoms with Gasteiger partial charge in [-0.25, -0.2) is 9.59 Å². The molecule has 0 spiro atoms. The van der Waals surface area contributed by atoms with E-state index in [1.807, 2.05) is 0 Å². The van der Waals surface area contributed by atoms with Gasteiger partial charge in [0.1, 0.15) is 5.00 Å². The molecule has 1 aliphatic carbocycles. The highest BCUT2D eigenvalue weighted by atomic mass is 32.1. The summed E-state index contributed by atoms with van der Waals surface area (Å²) in [5, 5.41) is 3.28. The Morgan fingerprint density at radius 2 is 1.93 bits per heavy atom. The second kappa shape index (κ2) is 10.3. The molecule has 2 heterocycles. The maximum Gasteiger partial charge on any atom is 0.341 e. The van der Waals surface area contributed by atoms with Crippen LogP contribution in [0.25, 0.3) is 0 Å². The van der Waals surface area contributed by atoms with Crippen LogP contribution in [0.4, 0.5) is 5.00 Å². The summed E-state index contributed by atoms with van der Waals surface area (Å²) in [7, 11) is 1.34. The minimum absolute atomic E-state index is 0.276. The van der Waals surface area contributed by atoms with Gasteiger partial charge in [0, 0.05) is 17.3 Å². The highest BCUT2D eigenvalue weighted by molar-refractivity contribution is 7.17. The number of aryl methyl sites for hydroxylation is 1. The number of thiophene rings is 1. The molecule has 160 valence electrons. The van der Waals surface area contributed by atoms with Crippen molar-refractivity contribution in [2.24, 2.45) is 0 Å². The van der Waals surface area contributed by atoms with Crippen LogP contribution in [0, 0.1) is 0 Å². The Morgan fingerprint density at radius 1 is 1.17 bits per heavy atom. The van der Waals surface area contributed by atoms with Crippen LogP contribution < -0.4 is 5.32 Å². The molecule has 2 aromatic heterocycles. The second-order valence-electron chi connectivity index (χ2n) is 7.15. The Morgan fingerprint density at radius 3 is 2.60 bits per heavy atom. The van der Waals surface area contributed by atoms with E-state index in [0.29, 0.717) is 17.0 Å². The number of rotatable bonds is 6. The van der Waals surface area contributed by atoms with Crippen LogP contribution in [0.3, 0.4) is 0 Å². The third-order valence-electron chi connectivity index (χ3n) is 5.11. The van der Waals surface area contributed by atoms with Gasteiger partial charge in [-0.15, -0.1) is 11.3 Å². The molecule has 0 radical (unpaired) electrons. The molecule has 1 atom stereocenters. The van der Waals surface area contributed by atoms with E-state index < -0.39 is 23.9 Å². The van der Waals surface area contributed by atoms with Crippen LogP contribution >= 0.6 is 11.3 Å². The van der Waals surface area contributed by atoms with Crippen molar-refractivity contribution in [1.29, 1.82) is 0 Å². The van der Waals surface area contributed by atoms with Crippen molar-refractivity contribution in [3.63, 3.8) is 0 Å². The average Bonchev–Trinajstić information content (AvgIpc) is 3.07. The molecular formula is C22H26N2O5S. The first-order valence-electron chi connectivity index (χ1n) is 10.2. The van der Waals surface area contributed by atoms with Crippen molar-refractivity contribution in [2.45, 2.75) is 58.0 Å². The molecule has 1 aliphatic rings. The van der Waals surface area contributed by atoms with Gasteiger partial charge in [0.2, 0.25) is 0 Å². The van der Waals surface area contributed by atoms with Gasteiger partial charge in [-0.2, -0.15) is 0 Å². The number of fused-ring (bicyclic) bond motifs is 1. The largest absolute Gasteiger partial charge is 0.465 e. The lowest BCUT2D eigenvalue weighted by molar-refractivity contribution is -0.124. The lowest BCUT2D eigenvalue weighted by atomic mass is 9.96. The van der Waals surface area contributed by atoms with Gasteiger partial charge in [0.15, 0.2) is 6.10 Å². The van der Waals surface area contributed by atoms with E-state index >= 15 is 0 Å². The van der Waals surface area contributed by atoms with Gasteiger partial charge in [-0.3, -0.25) is 9.78 Å². The summed E-state index contributed by atoms with van der Waals surface area (Å²) < 4.78 is 10.4. The first-order chi connectivity index (χ1) is 14.5. The van der Waals surface area contributed by atoms with Crippen molar-refractivity contribution in [3.8, 4) is 0 Å². The monoisotopic (exact) mass is 430 g/mol. The number of carbonyl (C=O) groups excluding carboxylic acids is 3. The molecule has 0 saturated heterocycles. The minimum atomic E-state index is -0.979. The number of amides is 1. The lowest BCUT2D eigenvalue weighted by Gasteiger charge is -2.16. The fourth-order valence-corrected chi connectivity index (χ4v) is 4.80. The number of hydrogen-bond acceptors (Lipinski definition) is 7. The number of esters is 2. The number of nitrogens with zero attached hydrogens (tertiary/aromatic N) is 1. The smallest absolute Gasteiger partial charge is 0.341 e. The average molecular weight is 431 g/mol. The fourth-order valence-electron chi connectivity index (χ4n) is 3.52. The number of nitrogens with one attached hydrogen (secondary N) is 1. The SMILES string of the molecule is CCC(OC(=O)c1cccnc1)C(=O)Nc1sc2c(c1C(=O)OC)CCCCCC2. The number of hydrogen-bond donors (Lipinski definition) is 1. The van der Waals surface area contributed by atoms with Crippen LogP contribution in [-0.4, -0.2) is 36.0 Å². The van der Waals surface area contributed by atoms with Gasteiger partial charge in [-0.1, -0.05) is 19.8 Å². The van der Waals surface area contributed by atoms with Crippen molar-refractivity contribution in [1.82, 2.24) is 4.98 Å². The maximum absolute atomic E-state index is 12.9. The van der Waals surface area contributed by atoms with Crippen molar-refractivity contribution >= 4 is 34.2 Å². The topological polar surface area (TPSA) is 94.6 Å². The van der Waals surface area contributed by atoms with Crippen molar-refractivity contribution in [3.05, 3.63) is 46.1 Å². The number of aromatic nitrogens is 1. The summed E-state index contributed by atoms with van der Waals surface area (Å²) in [4.78, 5) is 42.7. The number of ether oxygens (including phenoxy) is 2. The van der Waals surface area contributed by atoms with Gasteiger partial charge in [0.25, 0.3) is 5.91 Å². The van der Waals surface area contributed by atoms with Crippen molar-refractivity contribution < 1.29 is 23.9 Å². The zero-order chi connectivity index (χ0) is 21.5. The molecule has 1 unspecified atom stereocenters. The molecule has 0 aliphatic heterocycles. The van der Waals surface area contributed by atoms with E-state index in [9.17, 15) is 14.4 Å². The second-order valence-corrected chi connectivity index (χ2v) is 8.25.